The maximum Gasteiger partial charge on any atom is 0.325 e. The molecule has 0 aromatic heterocycles. The molecule has 2 amide bonds. The highest BCUT2D eigenvalue weighted by atomic mass is 16.5. The molecule has 0 spiro atoms. The van der Waals surface area contributed by atoms with E-state index in [0.717, 1.165) is 5.56 Å². The average Bonchev–Trinajstić information content (AvgIpc) is 2.45. The Kier molecular flexibility index (Phi) is 6.94. The molecule has 2 N–H and O–H groups in total. The van der Waals surface area contributed by atoms with E-state index in [0.29, 0.717) is 6.42 Å². The van der Waals surface area contributed by atoms with Crippen LogP contribution < -0.4 is 10.6 Å². The van der Waals surface area contributed by atoms with Crippen molar-refractivity contribution in [1.29, 1.82) is 0 Å². The first-order chi connectivity index (χ1) is 10.0. The number of hydrogen-bond acceptors (Lipinski definition) is 4. The van der Waals surface area contributed by atoms with E-state index in [9.17, 15) is 14.4 Å². The third kappa shape index (κ3) is 6.56. The number of rotatable bonds is 7. The highest BCUT2D eigenvalue weighted by Gasteiger charge is 2.20. The zero-order valence-electron chi connectivity index (χ0n) is 12.2. The molecule has 0 saturated heterocycles. The van der Waals surface area contributed by atoms with Crippen LogP contribution in [0.25, 0.3) is 0 Å². The lowest BCUT2D eigenvalue weighted by Gasteiger charge is -2.17. The summed E-state index contributed by atoms with van der Waals surface area (Å²) in [7, 11) is 0. The van der Waals surface area contributed by atoms with Gasteiger partial charge in [0.05, 0.1) is 6.61 Å². The molecule has 1 atom stereocenters. The molecule has 21 heavy (non-hydrogen) atoms. The minimum Gasteiger partial charge on any atom is -0.465 e. The molecule has 114 valence electrons. The molecule has 0 saturated carbocycles. The van der Waals surface area contributed by atoms with E-state index < -0.39 is 17.9 Å². The van der Waals surface area contributed by atoms with E-state index in [-0.39, 0.29) is 19.1 Å². The SMILES string of the molecule is CCOC(=O)CNC(=O)[C@@H](Cc1ccccc1)NC(C)=O. The summed E-state index contributed by atoms with van der Waals surface area (Å²) < 4.78 is 4.73. The van der Waals surface area contributed by atoms with Crippen LogP contribution in [0.3, 0.4) is 0 Å². The van der Waals surface area contributed by atoms with Gasteiger partial charge in [-0.3, -0.25) is 14.4 Å². The van der Waals surface area contributed by atoms with Crippen LogP contribution in [0.5, 0.6) is 0 Å². The summed E-state index contributed by atoms with van der Waals surface area (Å²) in [6, 6.07) is 8.60. The topological polar surface area (TPSA) is 84.5 Å². The highest BCUT2D eigenvalue weighted by Crippen LogP contribution is 2.03. The monoisotopic (exact) mass is 292 g/mol. The van der Waals surface area contributed by atoms with Gasteiger partial charge in [-0.2, -0.15) is 0 Å². The summed E-state index contributed by atoms with van der Waals surface area (Å²) in [6.45, 7) is 3.08. The van der Waals surface area contributed by atoms with Crippen molar-refractivity contribution < 1.29 is 19.1 Å². The maximum absolute atomic E-state index is 12.1. The van der Waals surface area contributed by atoms with Crippen LogP contribution in [0, 0.1) is 0 Å². The third-order valence-corrected chi connectivity index (χ3v) is 2.69. The normalized spacial score (nSPS) is 11.3. The minimum absolute atomic E-state index is 0.211. The first kappa shape index (κ1) is 16.7. The second-order valence-corrected chi connectivity index (χ2v) is 4.47. The van der Waals surface area contributed by atoms with Crippen molar-refractivity contribution in [3.63, 3.8) is 0 Å². The fourth-order valence-electron chi connectivity index (χ4n) is 1.80. The minimum atomic E-state index is -0.723. The first-order valence-corrected chi connectivity index (χ1v) is 6.77. The number of carbonyl (C=O) groups is 3. The molecule has 0 aliphatic heterocycles. The van der Waals surface area contributed by atoms with Crippen LogP contribution in [-0.4, -0.2) is 37.0 Å². The van der Waals surface area contributed by atoms with Crippen molar-refractivity contribution in [3.8, 4) is 0 Å². The van der Waals surface area contributed by atoms with Crippen LogP contribution in [0.2, 0.25) is 0 Å². The van der Waals surface area contributed by atoms with Gasteiger partial charge in [0.2, 0.25) is 11.8 Å². The smallest absolute Gasteiger partial charge is 0.325 e. The lowest BCUT2D eigenvalue weighted by atomic mass is 10.1. The van der Waals surface area contributed by atoms with Crippen LogP contribution in [0.15, 0.2) is 30.3 Å². The summed E-state index contributed by atoms with van der Waals surface area (Å²) in [6.07, 6.45) is 0.356. The molecule has 0 fully saturated rings. The fourth-order valence-corrected chi connectivity index (χ4v) is 1.80. The lowest BCUT2D eigenvalue weighted by Crippen LogP contribution is -2.48. The third-order valence-electron chi connectivity index (χ3n) is 2.69. The Bertz CT molecular complexity index is 488. The predicted molar refractivity (Wildman–Crippen MR) is 77.4 cm³/mol. The summed E-state index contributed by atoms with van der Waals surface area (Å²) >= 11 is 0. The van der Waals surface area contributed by atoms with Gasteiger partial charge in [-0.15, -0.1) is 0 Å². The Morgan fingerprint density at radius 1 is 1.19 bits per heavy atom. The Morgan fingerprint density at radius 3 is 2.43 bits per heavy atom. The maximum atomic E-state index is 12.1. The molecule has 6 heteroatoms. The van der Waals surface area contributed by atoms with Crippen LogP contribution in [0.1, 0.15) is 19.4 Å². The van der Waals surface area contributed by atoms with Gasteiger partial charge in [0.25, 0.3) is 0 Å². The number of hydrogen-bond donors (Lipinski definition) is 2. The van der Waals surface area contributed by atoms with Crippen LogP contribution >= 0.6 is 0 Å². The molecule has 0 aliphatic carbocycles. The number of amides is 2. The average molecular weight is 292 g/mol. The molecule has 6 nitrogen and oxygen atoms in total. The molecule has 0 radical (unpaired) electrons. The van der Waals surface area contributed by atoms with Crippen molar-refractivity contribution in [2.45, 2.75) is 26.3 Å². The molecule has 0 aliphatic rings. The number of benzene rings is 1. The zero-order valence-corrected chi connectivity index (χ0v) is 12.2. The number of esters is 1. The summed E-state index contributed by atoms with van der Waals surface area (Å²) in [4.78, 5) is 34.5. The van der Waals surface area contributed by atoms with E-state index in [1.54, 1.807) is 6.92 Å². The van der Waals surface area contributed by atoms with Crippen molar-refractivity contribution in [1.82, 2.24) is 10.6 Å². The van der Waals surface area contributed by atoms with Gasteiger partial charge in [0.1, 0.15) is 12.6 Å². The number of ether oxygens (including phenoxy) is 1. The van der Waals surface area contributed by atoms with Crippen molar-refractivity contribution >= 4 is 17.8 Å². The Balaban J connectivity index is 2.62. The van der Waals surface area contributed by atoms with Gasteiger partial charge < -0.3 is 15.4 Å². The zero-order chi connectivity index (χ0) is 15.7. The Morgan fingerprint density at radius 2 is 1.86 bits per heavy atom. The Hall–Kier alpha value is -2.37. The van der Waals surface area contributed by atoms with Gasteiger partial charge in [0, 0.05) is 13.3 Å². The van der Waals surface area contributed by atoms with Gasteiger partial charge >= 0.3 is 5.97 Å². The molecule has 0 bridgehead atoms. The Labute approximate surface area is 123 Å². The van der Waals surface area contributed by atoms with Crippen molar-refractivity contribution in [3.05, 3.63) is 35.9 Å². The van der Waals surface area contributed by atoms with Gasteiger partial charge in [-0.05, 0) is 12.5 Å². The van der Waals surface area contributed by atoms with Crippen LogP contribution in [-0.2, 0) is 25.5 Å². The van der Waals surface area contributed by atoms with E-state index >= 15 is 0 Å². The number of carbonyl (C=O) groups excluding carboxylic acids is 3. The van der Waals surface area contributed by atoms with E-state index in [4.69, 9.17) is 4.74 Å². The van der Waals surface area contributed by atoms with Crippen LogP contribution in [0.4, 0.5) is 0 Å². The van der Waals surface area contributed by atoms with E-state index in [1.165, 1.54) is 6.92 Å². The largest absolute Gasteiger partial charge is 0.465 e. The lowest BCUT2D eigenvalue weighted by molar-refractivity contribution is -0.143. The van der Waals surface area contributed by atoms with E-state index in [2.05, 4.69) is 10.6 Å². The molecule has 1 aromatic carbocycles. The number of nitrogens with one attached hydrogen (secondary N) is 2. The molecule has 0 heterocycles. The van der Waals surface area contributed by atoms with Gasteiger partial charge in [-0.25, -0.2) is 0 Å². The second kappa shape index (κ2) is 8.73. The van der Waals surface area contributed by atoms with Gasteiger partial charge in [-0.1, -0.05) is 30.3 Å². The highest BCUT2D eigenvalue weighted by molar-refractivity contribution is 5.89. The first-order valence-electron chi connectivity index (χ1n) is 6.77. The van der Waals surface area contributed by atoms with Crippen molar-refractivity contribution in [2.75, 3.05) is 13.2 Å². The standard InChI is InChI=1S/C15H20N2O4/c1-3-21-14(19)10-16-15(20)13(17-11(2)18)9-12-7-5-4-6-8-12/h4-8,13H,3,9-10H2,1-2H3,(H,16,20)(H,17,18)/t13-/m1/s1. The summed E-state index contributed by atoms with van der Waals surface area (Å²) in [5.41, 5.74) is 0.919. The van der Waals surface area contributed by atoms with Gasteiger partial charge in [0.15, 0.2) is 0 Å². The summed E-state index contributed by atoms with van der Waals surface area (Å²) in [5.74, 6) is -1.23. The molecule has 0 unspecified atom stereocenters. The molecular weight excluding hydrogens is 272 g/mol. The van der Waals surface area contributed by atoms with Crippen molar-refractivity contribution in [2.24, 2.45) is 0 Å². The fraction of sp³-hybridized carbons (Fsp3) is 0.400. The predicted octanol–water partition coefficient (Wildman–Crippen LogP) is 0.413. The molecule has 1 rings (SSSR count). The summed E-state index contributed by atoms with van der Waals surface area (Å²) in [5, 5.41) is 5.05. The second-order valence-electron chi connectivity index (χ2n) is 4.47. The molecule has 1 aromatic rings. The quantitative estimate of drug-likeness (QED) is 0.713. The molecular formula is C15H20N2O4. The van der Waals surface area contributed by atoms with E-state index in [1.807, 2.05) is 30.3 Å².